The van der Waals surface area contributed by atoms with E-state index in [-0.39, 0.29) is 18.0 Å². The van der Waals surface area contributed by atoms with Crippen molar-refractivity contribution in [2.45, 2.75) is 4.90 Å². The maximum absolute atomic E-state index is 13.6. The average molecular weight is 474 g/mol. The molecule has 0 spiro atoms. The second-order valence-corrected chi connectivity index (χ2v) is 9.57. The second-order valence-electron chi connectivity index (χ2n) is 7.20. The fraction of sp³-hybridized carbons (Fsp3) is 0.200. The highest BCUT2D eigenvalue weighted by atomic mass is 35.5. The van der Waals surface area contributed by atoms with Crippen LogP contribution in [0.2, 0.25) is 5.02 Å². The first-order chi connectivity index (χ1) is 15.4. The van der Waals surface area contributed by atoms with Crippen molar-refractivity contribution in [1.29, 1.82) is 0 Å². The van der Waals surface area contributed by atoms with E-state index in [4.69, 9.17) is 11.6 Å². The van der Waals surface area contributed by atoms with Crippen molar-refractivity contribution in [2.75, 3.05) is 31.1 Å². The molecule has 0 bridgehead atoms. The van der Waals surface area contributed by atoms with Gasteiger partial charge in [0.2, 0.25) is 10.0 Å². The molecule has 32 heavy (non-hydrogen) atoms. The van der Waals surface area contributed by atoms with Crippen LogP contribution in [-0.4, -0.2) is 63.9 Å². The molecule has 1 saturated heterocycles. The van der Waals surface area contributed by atoms with Gasteiger partial charge in [-0.15, -0.1) is 5.10 Å². The Morgan fingerprint density at radius 1 is 0.969 bits per heavy atom. The summed E-state index contributed by atoms with van der Waals surface area (Å²) in [6.45, 7) is 1.38. The first-order valence-corrected chi connectivity index (χ1v) is 11.6. The van der Waals surface area contributed by atoms with Crippen LogP contribution in [0.15, 0.2) is 59.8 Å². The molecule has 2 aromatic carbocycles. The number of benzene rings is 2. The molecule has 1 aliphatic heterocycles. The molecule has 2 aromatic heterocycles. The van der Waals surface area contributed by atoms with Gasteiger partial charge in [-0.1, -0.05) is 28.9 Å². The van der Waals surface area contributed by atoms with E-state index in [0.717, 1.165) is 0 Å². The van der Waals surface area contributed by atoms with Crippen LogP contribution in [0.25, 0.3) is 16.9 Å². The minimum Gasteiger partial charge on any atom is -0.352 e. The summed E-state index contributed by atoms with van der Waals surface area (Å²) in [4.78, 5) is 10.7. The molecule has 0 radical (unpaired) electrons. The number of anilines is 1. The largest absolute Gasteiger partial charge is 0.352 e. The molecule has 12 heteroatoms. The van der Waals surface area contributed by atoms with Gasteiger partial charge >= 0.3 is 0 Å². The van der Waals surface area contributed by atoms with Gasteiger partial charge in [-0.3, -0.25) is 0 Å². The highest BCUT2D eigenvalue weighted by Gasteiger charge is 2.30. The molecule has 4 aromatic rings. The van der Waals surface area contributed by atoms with Crippen molar-refractivity contribution in [3.63, 3.8) is 0 Å². The summed E-state index contributed by atoms with van der Waals surface area (Å²) in [6.07, 6.45) is 1.39. The van der Waals surface area contributed by atoms with Crippen LogP contribution in [0.3, 0.4) is 0 Å². The van der Waals surface area contributed by atoms with Gasteiger partial charge in [-0.05, 0) is 36.4 Å². The fourth-order valence-electron chi connectivity index (χ4n) is 3.67. The van der Waals surface area contributed by atoms with Crippen LogP contribution in [0, 0.1) is 5.82 Å². The van der Waals surface area contributed by atoms with E-state index in [1.165, 1.54) is 39.6 Å². The highest BCUT2D eigenvalue weighted by Crippen LogP contribution is 2.26. The molecule has 164 valence electrons. The van der Waals surface area contributed by atoms with E-state index in [1.807, 2.05) is 4.90 Å². The first-order valence-electron chi connectivity index (χ1n) is 9.76. The Balaban J connectivity index is 1.40. The lowest BCUT2D eigenvalue weighted by atomic mass is 10.3. The Hall–Kier alpha value is -3.15. The summed E-state index contributed by atoms with van der Waals surface area (Å²) in [5.41, 5.74) is 1.40. The minimum absolute atomic E-state index is 0.168. The van der Waals surface area contributed by atoms with E-state index in [0.29, 0.717) is 40.8 Å². The number of rotatable bonds is 4. The molecule has 0 N–H and O–H groups in total. The Labute approximate surface area is 188 Å². The molecule has 1 aliphatic rings. The maximum Gasteiger partial charge on any atom is 0.243 e. The van der Waals surface area contributed by atoms with E-state index >= 15 is 0 Å². The van der Waals surface area contributed by atoms with Gasteiger partial charge < -0.3 is 4.90 Å². The molecular formula is C20H17ClFN7O2S. The quantitative estimate of drug-likeness (QED) is 0.449. The smallest absolute Gasteiger partial charge is 0.243 e. The number of sulfonamides is 1. The van der Waals surface area contributed by atoms with Crippen LogP contribution in [0.1, 0.15) is 0 Å². The third-order valence-electron chi connectivity index (χ3n) is 5.24. The molecule has 9 nitrogen and oxygen atoms in total. The van der Waals surface area contributed by atoms with Crippen molar-refractivity contribution in [1.82, 2.24) is 29.3 Å². The van der Waals surface area contributed by atoms with Crippen LogP contribution in [-0.2, 0) is 10.0 Å². The SMILES string of the molecule is O=S(=O)(c1cccc(Cl)c1)N1CCN(c2ncnc3c2nnn3-c2cccc(F)c2)CC1. The Morgan fingerprint density at radius 3 is 2.50 bits per heavy atom. The summed E-state index contributed by atoms with van der Waals surface area (Å²) >= 11 is 5.96. The zero-order valence-corrected chi connectivity index (χ0v) is 18.2. The molecule has 0 amide bonds. The number of nitrogens with zero attached hydrogens (tertiary/aromatic N) is 7. The molecule has 1 fully saturated rings. The van der Waals surface area contributed by atoms with Gasteiger partial charge in [-0.2, -0.15) is 8.99 Å². The monoisotopic (exact) mass is 473 g/mol. The van der Waals surface area contributed by atoms with Crippen molar-refractivity contribution < 1.29 is 12.8 Å². The fourth-order valence-corrected chi connectivity index (χ4v) is 5.39. The second kappa shape index (κ2) is 8.08. The molecule has 0 unspecified atom stereocenters. The molecule has 0 atom stereocenters. The zero-order valence-electron chi connectivity index (χ0n) is 16.6. The van der Waals surface area contributed by atoms with Gasteiger partial charge in [0.05, 0.1) is 10.6 Å². The molecule has 0 aliphatic carbocycles. The topological polar surface area (TPSA) is 97.1 Å². The third-order valence-corrected chi connectivity index (χ3v) is 7.37. The lowest BCUT2D eigenvalue weighted by Gasteiger charge is -2.34. The molecule has 3 heterocycles. The number of fused-ring (bicyclic) bond motifs is 1. The van der Waals surface area contributed by atoms with Crippen molar-refractivity contribution in [3.8, 4) is 5.69 Å². The van der Waals surface area contributed by atoms with Crippen molar-refractivity contribution >= 4 is 38.6 Å². The number of hydrogen-bond acceptors (Lipinski definition) is 7. The summed E-state index contributed by atoms with van der Waals surface area (Å²) < 4.78 is 42.4. The minimum atomic E-state index is -3.65. The van der Waals surface area contributed by atoms with Crippen LogP contribution in [0.5, 0.6) is 0 Å². The van der Waals surface area contributed by atoms with Gasteiger partial charge in [0.1, 0.15) is 12.1 Å². The predicted molar refractivity (Wildman–Crippen MR) is 117 cm³/mol. The van der Waals surface area contributed by atoms with Gasteiger partial charge in [0.15, 0.2) is 17.0 Å². The zero-order chi connectivity index (χ0) is 22.3. The van der Waals surface area contributed by atoms with Crippen LogP contribution < -0.4 is 4.90 Å². The first kappa shape index (κ1) is 20.7. The van der Waals surface area contributed by atoms with Crippen LogP contribution in [0.4, 0.5) is 10.2 Å². The number of halogens is 2. The Morgan fingerprint density at radius 2 is 1.75 bits per heavy atom. The number of hydrogen-bond donors (Lipinski definition) is 0. The van der Waals surface area contributed by atoms with Crippen LogP contribution >= 0.6 is 11.6 Å². The van der Waals surface area contributed by atoms with E-state index in [2.05, 4.69) is 20.3 Å². The van der Waals surface area contributed by atoms with E-state index in [9.17, 15) is 12.8 Å². The lowest BCUT2D eigenvalue weighted by Crippen LogP contribution is -2.49. The lowest BCUT2D eigenvalue weighted by molar-refractivity contribution is 0.384. The highest BCUT2D eigenvalue weighted by molar-refractivity contribution is 7.89. The Bertz CT molecular complexity index is 1400. The van der Waals surface area contributed by atoms with Gasteiger partial charge in [0, 0.05) is 31.2 Å². The van der Waals surface area contributed by atoms with Crippen molar-refractivity contribution in [3.05, 3.63) is 65.7 Å². The van der Waals surface area contributed by atoms with Gasteiger partial charge in [0.25, 0.3) is 0 Å². The normalized spacial score (nSPS) is 15.4. The number of aromatic nitrogens is 5. The maximum atomic E-state index is 13.6. The van der Waals surface area contributed by atoms with Crippen molar-refractivity contribution in [2.24, 2.45) is 0 Å². The summed E-state index contributed by atoms with van der Waals surface area (Å²) in [6, 6.07) is 12.2. The molecule has 5 rings (SSSR count). The predicted octanol–water partition coefficient (Wildman–Crippen LogP) is 2.51. The molecule has 0 saturated carbocycles. The van der Waals surface area contributed by atoms with E-state index < -0.39 is 15.8 Å². The van der Waals surface area contributed by atoms with Gasteiger partial charge in [-0.25, -0.2) is 22.8 Å². The number of piperazine rings is 1. The summed E-state index contributed by atoms with van der Waals surface area (Å²) in [5.74, 6) is 0.162. The summed E-state index contributed by atoms with van der Waals surface area (Å²) in [7, 11) is -3.65. The molecular weight excluding hydrogens is 457 g/mol. The third kappa shape index (κ3) is 3.68. The standard InChI is InChI=1S/C20H17ClFN7O2S/c21-14-3-1-6-17(11-14)32(30,31)28-9-7-27(8-10-28)19-18-20(24-13-23-19)29(26-25-18)16-5-2-4-15(22)12-16/h1-6,11-13H,7-10H2. The summed E-state index contributed by atoms with van der Waals surface area (Å²) in [5, 5.41) is 8.69. The average Bonchev–Trinajstić information content (AvgIpc) is 3.23. The van der Waals surface area contributed by atoms with E-state index in [1.54, 1.807) is 24.3 Å². The Kier molecular flexibility index (Phi) is 5.24.